The van der Waals surface area contributed by atoms with Crippen molar-refractivity contribution in [2.45, 2.75) is 6.61 Å². The largest absolute Gasteiger partial charge is 0.489 e. The summed E-state index contributed by atoms with van der Waals surface area (Å²) in [6, 6.07) is 10.5. The fourth-order valence-electron chi connectivity index (χ4n) is 1.57. The van der Waals surface area contributed by atoms with Crippen molar-refractivity contribution in [3.05, 3.63) is 65.2 Å². The average Bonchev–Trinajstić information content (AvgIpc) is 2.45. The highest BCUT2D eigenvalue weighted by Gasteiger charge is 2.04. The normalized spacial score (nSPS) is 9.75. The fourth-order valence-corrected chi connectivity index (χ4v) is 1.64. The Hall–Kier alpha value is -2.05. The van der Waals surface area contributed by atoms with Gasteiger partial charge in [0.2, 0.25) is 0 Å². The van der Waals surface area contributed by atoms with E-state index in [2.05, 4.69) is 11.8 Å². The van der Waals surface area contributed by atoms with Crippen molar-refractivity contribution in [1.82, 2.24) is 0 Å². The first-order valence-corrected chi connectivity index (χ1v) is 6.44. The summed E-state index contributed by atoms with van der Waals surface area (Å²) in [6.45, 7) is 0.0405. The van der Waals surface area contributed by atoms with Crippen molar-refractivity contribution in [2.24, 2.45) is 0 Å². The lowest BCUT2D eigenvalue weighted by molar-refractivity contribution is 0.299. The third-order valence-corrected chi connectivity index (χ3v) is 2.70. The van der Waals surface area contributed by atoms with E-state index in [4.69, 9.17) is 16.3 Å². The molecule has 0 bridgehead atoms. The van der Waals surface area contributed by atoms with Gasteiger partial charge in [0.25, 0.3) is 0 Å². The van der Waals surface area contributed by atoms with Gasteiger partial charge < -0.3 is 4.74 Å². The monoisotopic (exact) mass is 292 g/mol. The number of benzene rings is 2. The minimum atomic E-state index is -0.616. The lowest BCUT2D eigenvalue weighted by atomic mass is 10.2. The molecule has 0 atom stereocenters. The Morgan fingerprint density at radius 2 is 1.80 bits per heavy atom. The number of rotatable bonds is 3. The van der Waals surface area contributed by atoms with Gasteiger partial charge in [0, 0.05) is 17.2 Å². The van der Waals surface area contributed by atoms with Crippen molar-refractivity contribution in [3.63, 3.8) is 0 Å². The molecule has 4 heteroatoms. The van der Waals surface area contributed by atoms with Crippen LogP contribution in [0.5, 0.6) is 5.75 Å². The van der Waals surface area contributed by atoms with Gasteiger partial charge in [-0.2, -0.15) is 0 Å². The maximum absolute atomic E-state index is 13.4. The molecule has 2 aromatic carbocycles. The molecule has 20 heavy (non-hydrogen) atoms. The Balaban J connectivity index is 2.00. The summed E-state index contributed by atoms with van der Waals surface area (Å²) in [6.07, 6.45) is 0. The smallest absolute Gasteiger partial charge is 0.132 e. The molecule has 0 aromatic heterocycles. The van der Waals surface area contributed by atoms with Gasteiger partial charge in [-0.1, -0.05) is 11.8 Å². The second kappa shape index (κ2) is 6.93. The Kier molecular flexibility index (Phi) is 4.97. The van der Waals surface area contributed by atoms with Gasteiger partial charge in [0.05, 0.1) is 5.88 Å². The zero-order valence-electron chi connectivity index (χ0n) is 10.5. The fraction of sp³-hybridized carbons (Fsp3) is 0.125. The van der Waals surface area contributed by atoms with Crippen LogP contribution in [0.25, 0.3) is 0 Å². The zero-order chi connectivity index (χ0) is 14.4. The molecule has 0 N–H and O–H groups in total. The van der Waals surface area contributed by atoms with Gasteiger partial charge >= 0.3 is 0 Å². The molecule has 0 amide bonds. The summed E-state index contributed by atoms with van der Waals surface area (Å²) < 4.78 is 31.6. The van der Waals surface area contributed by atoms with Crippen molar-refractivity contribution in [3.8, 4) is 17.6 Å². The number of alkyl halides is 1. The van der Waals surface area contributed by atoms with Gasteiger partial charge in [0.15, 0.2) is 0 Å². The highest BCUT2D eigenvalue weighted by Crippen LogP contribution is 2.16. The predicted octanol–water partition coefficient (Wildman–Crippen LogP) is 4.13. The molecule has 0 aliphatic carbocycles. The number of hydrogen-bond donors (Lipinski definition) is 0. The van der Waals surface area contributed by atoms with E-state index in [-0.39, 0.29) is 12.5 Å². The number of ether oxygens (including phenoxy) is 1. The molecule has 0 aliphatic heterocycles. The average molecular weight is 293 g/mol. The van der Waals surface area contributed by atoms with E-state index < -0.39 is 11.6 Å². The Bertz CT molecular complexity index is 642. The van der Waals surface area contributed by atoms with E-state index >= 15 is 0 Å². The molecule has 102 valence electrons. The molecular formula is C16H11ClF2O. The van der Waals surface area contributed by atoms with Crippen LogP contribution in [0, 0.1) is 23.5 Å². The van der Waals surface area contributed by atoms with Crippen molar-refractivity contribution >= 4 is 11.6 Å². The highest BCUT2D eigenvalue weighted by atomic mass is 35.5. The van der Waals surface area contributed by atoms with Crippen LogP contribution < -0.4 is 4.74 Å². The van der Waals surface area contributed by atoms with Gasteiger partial charge in [-0.3, -0.25) is 0 Å². The molecule has 0 aliphatic rings. The summed E-state index contributed by atoms with van der Waals surface area (Å²) in [5.41, 5.74) is 1.13. The van der Waals surface area contributed by atoms with Gasteiger partial charge in [-0.25, -0.2) is 8.78 Å². The quantitative estimate of drug-likeness (QED) is 0.610. The molecule has 0 unspecified atom stereocenters. The third-order valence-electron chi connectivity index (χ3n) is 2.56. The molecule has 2 aromatic rings. The van der Waals surface area contributed by atoms with Crippen LogP contribution in [-0.4, -0.2) is 5.88 Å². The van der Waals surface area contributed by atoms with E-state index in [0.717, 1.165) is 11.6 Å². The molecule has 1 nitrogen and oxygen atoms in total. The molecule has 0 radical (unpaired) electrons. The van der Waals surface area contributed by atoms with E-state index in [9.17, 15) is 8.78 Å². The Labute approximate surface area is 121 Å². The van der Waals surface area contributed by atoms with Crippen LogP contribution in [0.15, 0.2) is 42.5 Å². The minimum absolute atomic E-state index is 0.0405. The first kappa shape index (κ1) is 14.4. The molecule has 0 heterocycles. The Morgan fingerprint density at radius 1 is 1.05 bits per heavy atom. The first-order chi connectivity index (χ1) is 9.69. The summed E-state index contributed by atoms with van der Waals surface area (Å²) in [5, 5.41) is 0. The summed E-state index contributed by atoms with van der Waals surface area (Å²) in [5.74, 6) is 5.26. The maximum atomic E-state index is 13.4. The van der Waals surface area contributed by atoms with E-state index in [1.54, 1.807) is 24.3 Å². The van der Waals surface area contributed by atoms with Crippen LogP contribution >= 0.6 is 11.6 Å². The van der Waals surface area contributed by atoms with E-state index in [0.29, 0.717) is 11.3 Å². The summed E-state index contributed by atoms with van der Waals surface area (Å²) in [4.78, 5) is 0. The third kappa shape index (κ3) is 3.97. The molecule has 0 fully saturated rings. The molecule has 2 rings (SSSR count). The molecule has 0 spiro atoms. The van der Waals surface area contributed by atoms with Gasteiger partial charge in [-0.15, -0.1) is 11.6 Å². The molecular weight excluding hydrogens is 282 g/mol. The van der Waals surface area contributed by atoms with Crippen molar-refractivity contribution in [1.29, 1.82) is 0 Å². The van der Waals surface area contributed by atoms with Crippen LogP contribution in [0.4, 0.5) is 8.78 Å². The second-order valence-corrected chi connectivity index (χ2v) is 4.25. The molecule has 0 saturated heterocycles. The summed E-state index contributed by atoms with van der Waals surface area (Å²) in [7, 11) is 0. The highest BCUT2D eigenvalue weighted by molar-refractivity contribution is 6.19. The topological polar surface area (TPSA) is 9.23 Å². The lowest BCUT2D eigenvalue weighted by Gasteiger charge is -2.07. The van der Waals surface area contributed by atoms with Crippen LogP contribution in [0.2, 0.25) is 0 Å². The predicted molar refractivity (Wildman–Crippen MR) is 74.7 cm³/mol. The van der Waals surface area contributed by atoms with E-state index in [1.807, 2.05) is 0 Å². The van der Waals surface area contributed by atoms with Crippen LogP contribution in [0.3, 0.4) is 0 Å². The maximum Gasteiger partial charge on any atom is 0.132 e. The van der Waals surface area contributed by atoms with E-state index in [1.165, 1.54) is 12.1 Å². The molecule has 0 saturated carbocycles. The SMILES string of the molecule is Fc1ccc(COc2ccc(C#CCCl)cc2)c(F)c1. The zero-order valence-corrected chi connectivity index (χ0v) is 11.3. The number of halogens is 3. The van der Waals surface area contributed by atoms with Crippen molar-refractivity contribution in [2.75, 3.05) is 5.88 Å². The van der Waals surface area contributed by atoms with Gasteiger partial charge in [0.1, 0.15) is 24.0 Å². The second-order valence-electron chi connectivity index (χ2n) is 3.98. The number of hydrogen-bond acceptors (Lipinski definition) is 1. The summed E-state index contributed by atoms with van der Waals surface area (Å²) >= 11 is 5.47. The van der Waals surface area contributed by atoms with Crippen molar-refractivity contribution < 1.29 is 13.5 Å². The standard InChI is InChI=1S/C16H11ClF2O/c17-9-1-2-12-3-7-15(8-4-12)20-11-13-5-6-14(18)10-16(13)19/h3-8,10H,9,11H2. The van der Waals surface area contributed by atoms with Crippen LogP contribution in [0.1, 0.15) is 11.1 Å². The lowest BCUT2D eigenvalue weighted by Crippen LogP contribution is -1.99. The Morgan fingerprint density at radius 3 is 2.45 bits per heavy atom. The van der Waals surface area contributed by atoms with Crippen LogP contribution in [-0.2, 0) is 6.61 Å². The minimum Gasteiger partial charge on any atom is -0.489 e. The first-order valence-electron chi connectivity index (χ1n) is 5.90. The van der Waals surface area contributed by atoms with Gasteiger partial charge in [-0.05, 0) is 36.4 Å².